The highest BCUT2D eigenvalue weighted by Gasteiger charge is 2.21. The van der Waals surface area contributed by atoms with Crippen molar-refractivity contribution in [2.75, 3.05) is 17.1 Å². The van der Waals surface area contributed by atoms with Crippen molar-refractivity contribution in [1.82, 2.24) is 0 Å². The molecular formula is C23H24N2O6S. The zero-order valence-electron chi connectivity index (χ0n) is 17.8. The van der Waals surface area contributed by atoms with Crippen molar-refractivity contribution < 1.29 is 27.8 Å². The minimum absolute atomic E-state index is 0.0581. The molecule has 0 fully saturated rings. The predicted molar refractivity (Wildman–Crippen MR) is 122 cm³/mol. The summed E-state index contributed by atoms with van der Waals surface area (Å²) in [4.78, 5) is 12.4. The van der Waals surface area contributed by atoms with Crippen LogP contribution in [0.2, 0.25) is 0 Å². The van der Waals surface area contributed by atoms with Gasteiger partial charge in [0.15, 0.2) is 6.10 Å². The molecule has 1 amide bonds. The number of hydrogen-bond acceptors (Lipinski definition) is 6. The van der Waals surface area contributed by atoms with Gasteiger partial charge in [-0.2, -0.15) is 0 Å². The number of methoxy groups -OCH3 is 1. The van der Waals surface area contributed by atoms with Gasteiger partial charge in [-0.25, -0.2) is 8.42 Å². The zero-order chi connectivity index (χ0) is 23.3. The molecular weight excluding hydrogens is 432 g/mol. The van der Waals surface area contributed by atoms with Crippen molar-refractivity contribution >= 4 is 27.3 Å². The van der Waals surface area contributed by atoms with Crippen LogP contribution in [0.4, 0.5) is 11.4 Å². The molecule has 0 unspecified atom stereocenters. The first-order valence-corrected chi connectivity index (χ1v) is 11.2. The van der Waals surface area contributed by atoms with Crippen LogP contribution in [0.15, 0.2) is 71.6 Å². The molecule has 0 radical (unpaired) electrons. The van der Waals surface area contributed by atoms with Gasteiger partial charge in [0.05, 0.1) is 23.4 Å². The Kier molecular flexibility index (Phi) is 6.89. The van der Waals surface area contributed by atoms with Crippen LogP contribution in [0.25, 0.3) is 0 Å². The highest BCUT2D eigenvalue weighted by molar-refractivity contribution is 7.92. The summed E-state index contributed by atoms with van der Waals surface area (Å²) in [6.45, 7) is 3.49. The molecule has 0 spiro atoms. The Morgan fingerprint density at radius 1 is 1.00 bits per heavy atom. The van der Waals surface area contributed by atoms with E-state index in [0.717, 1.165) is 5.56 Å². The van der Waals surface area contributed by atoms with Crippen LogP contribution in [-0.2, 0) is 14.8 Å². The van der Waals surface area contributed by atoms with Gasteiger partial charge in [0.25, 0.3) is 15.9 Å². The number of para-hydroxylation sites is 2. The Morgan fingerprint density at radius 3 is 2.38 bits per heavy atom. The average molecular weight is 457 g/mol. The fraction of sp³-hybridized carbons (Fsp3) is 0.174. The molecule has 9 heteroatoms. The number of carbonyl (C=O) groups is 1. The molecule has 3 N–H and O–H groups in total. The minimum atomic E-state index is -4.02. The molecule has 1 atom stereocenters. The van der Waals surface area contributed by atoms with Crippen LogP contribution in [-0.4, -0.2) is 32.6 Å². The summed E-state index contributed by atoms with van der Waals surface area (Å²) in [7, 11) is -2.59. The predicted octanol–water partition coefficient (Wildman–Crippen LogP) is 3.92. The number of carbonyl (C=O) groups excluding carboxylic acids is 1. The highest BCUT2D eigenvalue weighted by Crippen LogP contribution is 2.30. The lowest BCUT2D eigenvalue weighted by molar-refractivity contribution is -0.122. The number of phenolic OH excluding ortho intramolecular Hbond substituents is 1. The van der Waals surface area contributed by atoms with Crippen LogP contribution in [0.3, 0.4) is 0 Å². The Morgan fingerprint density at radius 2 is 1.69 bits per heavy atom. The lowest BCUT2D eigenvalue weighted by Gasteiger charge is -2.16. The largest absolute Gasteiger partial charge is 0.506 e. The van der Waals surface area contributed by atoms with Gasteiger partial charge in [-0.15, -0.1) is 0 Å². The minimum Gasteiger partial charge on any atom is -0.506 e. The first-order chi connectivity index (χ1) is 15.2. The van der Waals surface area contributed by atoms with E-state index >= 15 is 0 Å². The quantitative estimate of drug-likeness (QED) is 0.443. The summed E-state index contributed by atoms with van der Waals surface area (Å²) < 4.78 is 38.9. The standard InChI is InChI=1S/C23H24N2O6S/c1-15-8-10-17(11-9-15)31-16(2)23(27)24-20-14-18(12-13-21(20)26)32(28,29)25-19-6-4-5-7-22(19)30-3/h4-14,16,25-26H,1-3H3,(H,24,27)/t16-/m1/s1. The van der Waals surface area contributed by atoms with Crippen molar-refractivity contribution in [2.45, 2.75) is 24.8 Å². The molecule has 0 aromatic heterocycles. The van der Waals surface area contributed by atoms with Gasteiger partial charge < -0.3 is 19.9 Å². The summed E-state index contributed by atoms with van der Waals surface area (Å²) in [6, 6.07) is 17.4. The van der Waals surface area contributed by atoms with Gasteiger partial charge in [0, 0.05) is 0 Å². The fourth-order valence-electron chi connectivity index (χ4n) is 2.82. The monoisotopic (exact) mass is 456 g/mol. The molecule has 0 heterocycles. The molecule has 168 valence electrons. The molecule has 32 heavy (non-hydrogen) atoms. The van der Waals surface area contributed by atoms with E-state index in [-0.39, 0.29) is 22.0 Å². The van der Waals surface area contributed by atoms with E-state index in [9.17, 15) is 18.3 Å². The lowest BCUT2D eigenvalue weighted by atomic mass is 10.2. The number of aryl methyl sites for hydroxylation is 1. The van der Waals surface area contributed by atoms with E-state index < -0.39 is 22.0 Å². The van der Waals surface area contributed by atoms with E-state index in [0.29, 0.717) is 11.5 Å². The number of phenols is 1. The lowest BCUT2D eigenvalue weighted by Crippen LogP contribution is -2.30. The molecule has 3 aromatic carbocycles. The second-order valence-electron chi connectivity index (χ2n) is 7.05. The first kappa shape index (κ1) is 23.0. The normalized spacial score (nSPS) is 12.0. The van der Waals surface area contributed by atoms with Gasteiger partial charge in [0.2, 0.25) is 0 Å². The van der Waals surface area contributed by atoms with Crippen molar-refractivity contribution in [1.29, 1.82) is 0 Å². The number of sulfonamides is 1. The van der Waals surface area contributed by atoms with Gasteiger partial charge in [-0.1, -0.05) is 29.8 Å². The molecule has 0 bridgehead atoms. The second-order valence-corrected chi connectivity index (χ2v) is 8.73. The number of anilines is 2. The summed E-state index contributed by atoms with van der Waals surface area (Å²) in [5.41, 5.74) is 1.25. The summed E-state index contributed by atoms with van der Waals surface area (Å²) >= 11 is 0. The number of ether oxygens (including phenoxy) is 2. The van der Waals surface area contributed by atoms with Crippen LogP contribution in [0.1, 0.15) is 12.5 Å². The summed E-state index contributed by atoms with van der Waals surface area (Å²) in [5.74, 6) is 0.0375. The van der Waals surface area contributed by atoms with Crippen LogP contribution >= 0.6 is 0 Å². The third-order valence-corrected chi connectivity index (χ3v) is 5.95. The number of hydrogen-bond donors (Lipinski definition) is 3. The Labute approximate surface area is 186 Å². The number of amides is 1. The topological polar surface area (TPSA) is 114 Å². The van der Waals surface area contributed by atoms with Gasteiger partial charge in [-0.3, -0.25) is 9.52 Å². The molecule has 0 aliphatic rings. The van der Waals surface area contributed by atoms with Crippen molar-refractivity contribution in [2.24, 2.45) is 0 Å². The molecule has 3 rings (SSSR count). The van der Waals surface area contributed by atoms with Gasteiger partial charge in [0.1, 0.15) is 17.2 Å². The smallest absolute Gasteiger partial charge is 0.265 e. The van der Waals surface area contributed by atoms with Crippen molar-refractivity contribution in [3.8, 4) is 17.2 Å². The fourth-order valence-corrected chi connectivity index (χ4v) is 3.92. The molecule has 0 aliphatic heterocycles. The third kappa shape index (κ3) is 5.50. The average Bonchev–Trinajstić information content (AvgIpc) is 2.76. The molecule has 0 saturated carbocycles. The molecule has 0 aliphatic carbocycles. The van der Waals surface area contributed by atoms with Crippen LogP contribution in [0.5, 0.6) is 17.2 Å². The Hall–Kier alpha value is -3.72. The van der Waals surface area contributed by atoms with E-state index in [1.54, 1.807) is 43.3 Å². The maximum atomic E-state index is 12.8. The Bertz CT molecular complexity index is 1210. The highest BCUT2D eigenvalue weighted by atomic mass is 32.2. The van der Waals surface area contributed by atoms with E-state index in [1.807, 2.05) is 19.1 Å². The zero-order valence-corrected chi connectivity index (χ0v) is 18.6. The Balaban J connectivity index is 1.77. The van der Waals surface area contributed by atoms with E-state index in [2.05, 4.69) is 10.0 Å². The van der Waals surface area contributed by atoms with Gasteiger partial charge in [-0.05, 0) is 56.3 Å². The first-order valence-electron chi connectivity index (χ1n) is 9.72. The number of aromatic hydroxyl groups is 1. The van der Waals surface area contributed by atoms with Crippen molar-refractivity contribution in [3.63, 3.8) is 0 Å². The van der Waals surface area contributed by atoms with Crippen LogP contribution < -0.4 is 19.5 Å². The molecule has 0 saturated heterocycles. The van der Waals surface area contributed by atoms with Crippen molar-refractivity contribution in [3.05, 3.63) is 72.3 Å². The van der Waals surface area contributed by atoms with E-state index in [4.69, 9.17) is 9.47 Å². The van der Waals surface area contributed by atoms with Crippen LogP contribution in [0, 0.1) is 6.92 Å². The summed E-state index contributed by atoms with van der Waals surface area (Å²) in [5, 5.41) is 12.6. The number of benzene rings is 3. The third-order valence-electron chi connectivity index (χ3n) is 4.59. The molecule has 3 aromatic rings. The van der Waals surface area contributed by atoms with Gasteiger partial charge >= 0.3 is 0 Å². The SMILES string of the molecule is COc1ccccc1NS(=O)(=O)c1ccc(O)c(NC(=O)[C@@H](C)Oc2ccc(C)cc2)c1. The molecule has 8 nitrogen and oxygen atoms in total. The maximum Gasteiger partial charge on any atom is 0.265 e. The maximum absolute atomic E-state index is 12.8. The second kappa shape index (κ2) is 9.61. The van der Waals surface area contributed by atoms with E-state index in [1.165, 1.54) is 25.3 Å². The summed E-state index contributed by atoms with van der Waals surface area (Å²) in [6.07, 6.45) is -0.885. The number of nitrogens with one attached hydrogen (secondary N) is 2. The number of rotatable bonds is 8.